The van der Waals surface area contributed by atoms with Crippen LogP contribution in [-0.2, 0) is 4.79 Å². The van der Waals surface area contributed by atoms with Crippen molar-refractivity contribution in [1.29, 1.82) is 0 Å². The van der Waals surface area contributed by atoms with Gasteiger partial charge in [0.15, 0.2) is 5.69 Å². The number of nitrogens with zero attached hydrogens (tertiary/aromatic N) is 2. The number of nitrogens with one attached hydrogen (secondary N) is 2. The standard InChI is InChI=1S/C11H17N5O2/c1-6(2)13-11(18)7(3)14-9-5-4-8(10(12)17)15-16-9/h4-7H,1-3H3,(H2,12,17)(H,13,18)(H,14,16). The zero-order valence-corrected chi connectivity index (χ0v) is 10.6. The molecule has 0 bridgehead atoms. The van der Waals surface area contributed by atoms with Gasteiger partial charge in [-0.1, -0.05) is 0 Å². The van der Waals surface area contributed by atoms with Crippen molar-refractivity contribution in [2.24, 2.45) is 5.73 Å². The van der Waals surface area contributed by atoms with Crippen LogP contribution >= 0.6 is 0 Å². The van der Waals surface area contributed by atoms with Crippen molar-refractivity contribution in [2.75, 3.05) is 5.32 Å². The summed E-state index contributed by atoms with van der Waals surface area (Å²) in [6, 6.07) is 2.63. The average molecular weight is 251 g/mol. The van der Waals surface area contributed by atoms with E-state index in [2.05, 4.69) is 20.8 Å². The fraction of sp³-hybridized carbons (Fsp3) is 0.455. The van der Waals surface area contributed by atoms with Crippen LogP contribution in [0.2, 0.25) is 0 Å². The Morgan fingerprint density at radius 3 is 2.33 bits per heavy atom. The topological polar surface area (TPSA) is 110 Å². The molecule has 0 saturated carbocycles. The average Bonchev–Trinajstić information content (AvgIpc) is 2.28. The lowest BCUT2D eigenvalue weighted by molar-refractivity contribution is -0.122. The molecular formula is C11H17N5O2. The van der Waals surface area contributed by atoms with Gasteiger partial charge in [-0.15, -0.1) is 10.2 Å². The first kappa shape index (κ1) is 13.9. The third-order valence-electron chi connectivity index (χ3n) is 2.11. The highest BCUT2D eigenvalue weighted by Crippen LogP contribution is 2.04. The molecule has 18 heavy (non-hydrogen) atoms. The fourth-order valence-corrected chi connectivity index (χ4v) is 1.24. The number of carbonyl (C=O) groups is 2. The van der Waals surface area contributed by atoms with Gasteiger partial charge < -0.3 is 16.4 Å². The van der Waals surface area contributed by atoms with Crippen LogP contribution in [0, 0.1) is 0 Å². The van der Waals surface area contributed by atoms with Crippen molar-refractivity contribution in [2.45, 2.75) is 32.9 Å². The van der Waals surface area contributed by atoms with Gasteiger partial charge in [0.1, 0.15) is 11.9 Å². The van der Waals surface area contributed by atoms with Gasteiger partial charge in [-0.3, -0.25) is 9.59 Å². The van der Waals surface area contributed by atoms with Crippen molar-refractivity contribution in [3.63, 3.8) is 0 Å². The molecule has 7 nitrogen and oxygen atoms in total. The van der Waals surface area contributed by atoms with E-state index in [-0.39, 0.29) is 17.6 Å². The van der Waals surface area contributed by atoms with E-state index >= 15 is 0 Å². The fourth-order valence-electron chi connectivity index (χ4n) is 1.24. The van der Waals surface area contributed by atoms with Crippen molar-refractivity contribution < 1.29 is 9.59 Å². The smallest absolute Gasteiger partial charge is 0.269 e. The van der Waals surface area contributed by atoms with E-state index in [1.807, 2.05) is 13.8 Å². The number of nitrogens with two attached hydrogens (primary N) is 1. The zero-order valence-electron chi connectivity index (χ0n) is 10.6. The first-order valence-electron chi connectivity index (χ1n) is 5.60. The van der Waals surface area contributed by atoms with E-state index in [1.165, 1.54) is 6.07 Å². The minimum atomic E-state index is -0.639. The second-order valence-electron chi connectivity index (χ2n) is 4.20. The lowest BCUT2D eigenvalue weighted by Gasteiger charge is -2.16. The maximum absolute atomic E-state index is 11.6. The van der Waals surface area contributed by atoms with Gasteiger partial charge in [0.2, 0.25) is 5.91 Å². The van der Waals surface area contributed by atoms with Crippen molar-refractivity contribution in [3.8, 4) is 0 Å². The molecule has 0 radical (unpaired) electrons. The molecule has 1 aromatic heterocycles. The number of hydrogen-bond acceptors (Lipinski definition) is 5. The summed E-state index contributed by atoms with van der Waals surface area (Å²) in [5, 5.41) is 13.0. The summed E-state index contributed by atoms with van der Waals surface area (Å²) in [6.45, 7) is 5.47. The molecule has 0 aliphatic carbocycles. The summed E-state index contributed by atoms with van der Waals surface area (Å²) >= 11 is 0. The van der Waals surface area contributed by atoms with Gasteiger partial charge in [-0.2, -0.15) is 0 Å². The Bertz CT molecular complexity index is 430. The lowest BCUT2D eigenvalue weighted by atomic mass is 10.2. The van der Waals surface area contributed by atoms with Gasteiger partial charge in [0, 0.05) is 6.04 Å². The molecule has 1 atom stereocenters. The summed E-state index contributed by atoms with van der Waals surface area (Å²) in [4.78, 5) is 22.4. The quantitative estimate of drug-likeness (QED) is 0.677. The first-order valence-corrected chi connectivity index (χ1v) is 5.60. The van der Waals surface area contributed by atoms with Crippen LogP contribution in [-0.4, -0.2) is 34.1 Å². The molecule has 1 unspecified atom stereocenters. The second kappa shape index (κ2) is 5.95. The van der Waals surface area contributed by atoms with E-state index in [0.717, 1.165) is 0 Å². The Balaban J connectivity index is 2.61. The molecule has 7 heteroatoms. The molecule has 2 amide bonds. The molecule has 1 heterocycles. The lowest BCUT2D eigenvalue weighted by Crippen LogP contribution is -2.41. The molecule has 0 fully saturated rings. The van der Waals surface area contributed by atoms with Gasteiger partial charge in [-0.05, 0) is 32.9 Å². The number of amides is 2. The van der Waals surface area contributed by atoms with Crippen LogP contribution in [0.4, 0.5) is 5.82 Å². The predicted octanol–water partition coefficient (Wildman–Crippen LogP) is -0.0995. The third-order valence-corrected chi connectivity index (χ3v) is 2.11. The molecule has 0 aromatic carbocycles. The third kappa shape index (κ3) is 4.00. The Labute approximate surface area is 105 Å². The van der Waals surface area contributed by atoms with E-state index in [4.69, 9.17) is 5.73 Å². The van der Waals surface area contributed by atoms with Gasteiger partial charge >= 0.3 is 0 Å². The molecule has 0 spiro atoms. The van der Waals surface area contributed by atoms with Crippen molar-refractivity contribution in [3.05, 3.63) is 17.8 Å². The molecule has 1 rings (SSSR count). The molecule has 1 aromatic rings. The Kier molecular flexibility index (Phi) is 4.59. The predicted molar refractivity (Wildman–Crippen MR) is 66.9 cm³/mol. The van der Waals surface area contributed by atoms with E-state index < -0.39 is 11.9 Å². The normalized spacial score (nSPS) is 12.0. The summed E-state index contributed by atoms with van der Waals surface area (Å²) in [5.74, 6) is -0.364. The Morgan fingerprint density at radius 1 is 1.22 bits per heavy atom. The van der Waals surface area contributed by atoms with Crippen LogP contribution in [0.5, 0.6) is 0 Å². The number of aromatic nitrogens is 2. The number of hydrogen-bond donors (Lipinski definition) is 3. The van der Waals surface area contributed by atoms with Gasteiger partial charge in [-0.25, -0.2) is 0 Å². The highest BCUT2D eigenvalue weighted by molar-refractivity contribution is 5.90. The zero-order chi connectivity index (χ0) is 13.7. The Morgan fingerprint density at radius 2 is 1.89 bits per heavy atom. The van der Waals surface area contributed by atoms with Gasteiger partial charge in [0.25, 0.3) is 5.91 Å². The summed E-state index contributed by atoms with van der Waals surface area (Å²) in [5.41, 5.74) is 5.13. The SMILES string of the molecule is CC(C)NC(=O)C(C)Nc1ccc(C(N)=O)nn1. The molecule has 0 aliphatic rings. The second-order valence-corrected chi connectivity index (χ2v) is 4.20. The van der Waals surface area contributed by atoms with E-state index in [1.54, 1.807) is 13.0 Å². The molecule has 0 aliphatic heterocycles. The molecule has 0 saturated heterocycles. The number of primary amides is 1. The van der Waals surface area contributed by atoms with Crippen LogP contribution in [0.1, 0.15) is 31.3 Å². The minimum Gasteiger partial charge on any atom is -0.364 e. The van der Waals surface area contributed by atoms with Gasteiger partial charge in [0.05, 0.1) is 0 Å². The largest absolute Gasteiger partial charge is 0.364 e. The van der Waals surface area contributed by atoms with Crippen LogP contribution in [0.3, 0.4) is 0 Å². The molecular weight excluding hydrogens is 234 g/mol. The van der Waals surface area contributed by atoms with E-state index in [9.17, 15) is 9.59 Å². The van der Waals surface area contributed by atoms with Crippen molar-refractivity contribution in [1.82, 2.24) is 15.5 Å². The number of carbonyl (C=O) groups excluding carboxylic acids is 2. The summed E-state index contributed by atoms with van der Waals surface area (Å²) < 4.78 is 0. The highest BCUT2D eigenvalue weighted by Gasteiger charge is 2.14. The summed E-state index contributed by atoms with van der Waals surface area (Å²) in [7, 11) is 0. The van der Waals surface area contributed by atoms with Crippen LogP contribution in [0.25, 0.3) is 0 Å². The molecule has 98 valence electrons. The maximum Gasteiger partial charge on any atom is 0.269 e. The number of anilines is 1. The Hall–Kier alpha value is -2.18. The van der Waals surface area contributed by atoms with E-state index in [0.29, 0.717) is 5.82 Å². The van der Waals surface area contributed by atoms with Crippen LogP contribution in [0.15, 0.2) is 12.1 Å². The molecule has 4 N–H and O–H groups in total. The van der Waals surface area contributed by atoms with Crippen molar-refractivity contribution >= 4 is 17.6 Å². The maximum atomic E-state index is 11.6. The van der Waals surface area contributed by atoms with Crippen LogP contribution < -0.4 is 16.4 Å². The first-order chi connectivity index (χ1) is 8.40. The highest BCUT2D eigenvalue weighted by atomic mass is 16.2. The minimum absolute atomic E-state index is 0.0741. The number of rotatable bonds is 5. The monoisotopic (exact) mass is 251 g/mol. The summed E-state index contributed by atoms with van der Waals surface area (Å²) in [6.07, 6.45) is 0.